The summed E-state index contributed by atoms with van der Waals surface area (Å²) in [5.41, 5.74) is -4.25. The first-order valence-electron chi connectivity index (χ1n) is 13.0. The second kappa shape index (κ2) is 7.90. The molecule has 5 aliphatic rings. The molecule has 0 amide bonds. The molecule has 35 heavy (non-hydrogen) atoms. The highest BCUT2D eigenvalue weighted by Gasteiger charge is 2.80. The number of fused-ring (bicyclic) bond motifs is 7. The van der Waals surface area contributed by atoms with Crippen molar-refractivity contribution in [1.29, 1.82) is 0 Å². The molecule has 0 aromatic heterocycles. The molecule has 0 aromatic rings. The Kier molecular flexibility index (Phi) is 5.75. The summed E-state index contributed by atoms with van der Waals surface area (Å²) < 4.78 is 35.7. The van der Waals surface area contributed by atoms with Crippen molar-refractivity contribution in [2.75, 3.05) is 13.2 Å². The highest BCUT2D eigenvalue weighted by atomic mass is 19.1. The van der Waals surface area contributed by atoms with Gasteiger partial charge in [0.2, 0.25) is 0 Å². The summed E-state index contributed by atoms with van der Waals surface area (Å²) in [5.74, 6) is -2.01. The molecule has 1 aliphatic heterocycles. The summed E-state index contributed by atoms with van der Waals surface area (Å²) in [6.07, 6.45) is 1.46. The van der Waals surface area contributed by atoms with Gasteiger partial charge in [0.15, 0.2) is 23.0 Å². The van der Waals surface area contributed by atoms with E-state index in [-0.39, 0.29) is 43.5 Å². The van der Waals surface area contributed by atoms with Gasteiger partial charge < -0.3 is 24.4 Å². The van der Waals surface area contributed by atoms with E-state index >= 15 is 4.39 Å². The van der Waals surface area contributed by atoms with E-state index in [0.29, 0.717) is 25.7 Å². The summed E-state index contributed by atoms with van der Waals surface area (Å²) >= 11 is 0. The number of rotatable bonds is 5. The van der Waals surface area contributed by atoms with Gasteiger partial charge in [-0.1, -0.05) is 19.4 Å². The molecule has 1 saturated heterocycles. The molecule has 5 rings (SSSR count). The minimum absolute atomic E-state index is 0.0238. The van der Waals surface area contributed by atoms with Gasteiger partial charge in [0.1, 0.15) is 12.3 Å². The molecule has 4 aliphatic carbocycles. The lowest BCUT2D eigenvalue weighted by Gasteiger charge is -2.63. The third-order valence-electron chi connectivity index (χ3n) is 10.2. The fourth-order valence-electron chi connectivity index (χ4n) is 8.55. The zero-order valence-corrected chi connectivity index (χ0v) is 21.4. The van der Waals surface area contributed by atoms with Crippen LogP contribution in [-0.2, 0) is 23.8 Å². The molecule has 2 N–H and O–H groups in total. The summed E-state index contributed by atoms with van der Waals surface area (Å²) in [4.78, 5) is 26.0. The van der Waals surface area contributed by atoms with Gasteiger partial charge in [-0.3, -0.25) is 9.59 Å². The van der Waals surface area contributed by atoms with E-state index in [0.717, 1.165) is 5.57 Å². The minimum Gasteiger partial charge on any atom is -0.394 e. The van der Waals surface area contributed by atoms with Crippen LogP contribution in [0.4, 0.5) is 4.39 Å². The van der Waals surface area contributed by atoms with Crippen LogP contribution in [0.5, 0.6) is 0 Å². The van der Waals surface area contributed by atoms with Gasteiger partial charge in [0, 0.05) is 23.2 Å². The van der Waals surface area contributed by atoms with Crippen molar-refractivity contribution >= 4 is 11.6 Å². The van der Waals surface area contributed by atoms with Crippen LogP contribution in [0.15, 0.2) is 11.6 Å². The lowest BCUT2D eigenvalue weighted by Crippen LogP contribution is -2.70. The number of alkyl halides is 1. The number of Topliss-reactive ketones (excluding diaryl/α,β-unsaturated/α-hetero) is 1. The molecule has 196 valence electrons. The Morgan fingerprint density at radius 3 is 2.66 bits per heavy atom. The van der Waals surface area contributed by atoms with Crippen LogP contribution in [0.25, 0.3) is 0 Å². The Balaban J connectivity index is 1.56. The Bertz CT molecular complexity index is 963. The van der Waals surface area contributed by atoms with Crippen molar-refractivity contribution in [3.8, 4) is 0 Å². The van der Waals surface area contributed by atoms with Crippen LogP contribution in [0.2, 0.25) is 0 Å². The van der Waals surface area contributed by atoms with E-state index in [1.165, 1.54) is 0 Å². The standard InChI is InChI=1S/C27H39FO7/c1-15(13-29)33-14-21(32)27-22(34-23(2,3)35-27)11-19-18-7-6-16-10-17(30)8-9-24(16,4)26(18,28)20(31)12-25(19,27)5/h10,15,18-20,22,29,31H,6-9,11-14H2,1-5H3/t15?,18-,19-,20-,22+,24-,25-,26-,27+/m0/s1. The average molecular weight is 495 g/mol. The summed E-state index contributed by atoms with van der Waals surface area (Å²) in [5, 5.41) is 20.9. The van der Waals surface area contributed by atoms with Gasteiger partial charge in [-0.15, -0.1) is 0 Å². The number of hydrogen-bond donors (Lipinski definition) is 2. The molecular formula is C27H39FO7. The smallest absolute Gasteiger partial charge is 0.193 e. The highest BCUT2D eigenvalue weighted by molar-refractivity contribution is 5.92. The van der Waals surface area contributed by atoms with Gasteiger partial charge in [0.25, 0.3) is 0 Å². The topological polar surface area (TPSA) is 102 Å². The van der Waals surface area contributed by atoms with Crippen LogP contribution in [0.1, 0.15) is 73.1 Å². The third-order valence-corrected chi connectivity index (χ3v) is 10.2. The molecule has 9 atom stereocenters. The van der Waals surface area contributed by atoms with Crippen LogP contribution in [-0.4, -0.2) is 70.4 Å². The average Bonchev–Trinajstić information content (AvgIpc) is 3.19. The van der Waals surface area contributed by atoms with Crippen molar-refractivity contribution in [3.63, 3.8) is 0 Å². The Morgan fingerprint density at radius 1 is 1.26 bits per heavy atom. The van der Waals surface area contributed by atoms with E-state index in [1.54, 1.807) is 26.8 Å². The van der Waals surface area contributed by atoms with Crippen molar-refractivity contribution in [2.24, 2.45) is 22.7 Å². The van der Waals surface area contributed by atoms with E-state index in [1.807, 2.05) is 13.8 Å². The lowest BCUT2D eigenvalue weighted by atomic mass is 9.44. The van der Waals surface area contributed by atoms with E-state index in [9.17, 15) is 19.8 Å². The second-order valence-electron chi connectivity index (χ2n) is 12.4. The normalized spacial score (nSPS) is 48.9. The summed E-state index contributed by atoms with van der Waals surface area (Å²) in [6.45, 7) is 8.56. The number of ketones is 2. The third kappa shape index (κ3) is 3.19. The number of carbonyl (C=O) groups is 2. The van der Waals surface area contributed by atoms with Gasteiger partial charge in [-0.25, -0.2) is 4.39 Å². The first kappa shape index (κ1) is 25.5. The van der Waals surface area contributed by atoms with E-state index < -0.39 is 52.1 Å². The zero-order chi connectivity index (χ0) is 25.6. The van der Waals surface area contributed by atoms with Crippen LogP contribution < -0.4 is 0 Å². The fraction of sp³-hybridized carbons (Fsp3) is 0.852. The fourth-order valence-corrected chi connectivity index (χ4v) is 8.55. The van der Waals surface area contributed by atoms with Crippen LogP contribution >= 0.6 is 0 Å². The Hall–Kier alpha value is -1.19. The number of aliphatic hydroxyl groups is 2. The maximum atomic E-state index is 17.4. The summed E-state index contributed by atoms with van der Waals surface area (Å²) in [7, 11) is 0. The molecule has 7 nitrogen and oxygen atoms in total. The maximum Gasteiger partial charge on any atom is 0.193 e. The number of allylic oxidation sites excluding steroid dienone is 1. The van der Waals surface area contributed by atoms with Gasteiger partial charge >= 0.3 is 0 Å². The molecule has 1 unspecified atom stereocenters. The van der Waals surface area contributed by atoms with Gasteiger partial charge in [-0.05, 0) is 64.9 Å². The van der Waals surface area contributed by atoms with Crippen LogP contribution in [0, 0.1) is 22.7 Å². The van der Waals surface area contributed by atoms with E-state index in [2.05, 4.69) is 0 Å². The zero-order valence-electron chi connectivity index (χ0n) is 21.4. The highest BCUT2D eigenvalue weighted by Crippen LogP contribution is 2.72. The van der Waals surface area contributed by atoms with Crippen molar-refractivity contribution in [1.82, 2.24) is 0 Å². The van der Waals surface area contributed by atoms with Crippen molar-refractivity contribution in [2.45, 2.75) is 109 Å². The van der Waals surface area contributed by atoms with Crippen LogP contribution in [0.3, 0.4) is 0 Å². The predicted octanol–water partition coefficient (Wildman–Crippen LogP) is 3.05. The molecule has 0 aromatic carbocycles. The van der Waals surface area contributed by atoms with Gasteiger partial charge in [-0.2, -0.15) is 0 Å². The quantitative estimate of drug-likeness (QED) is 0.606. The molecule has 8 heteroatoms. The Labute approximate surface area is 206 Å². The lowest BCUT2D eigenvalue weighted by molar-refractivity contribution is -0.252. The SMILES string of the molecule is CC(CO)OCC(=O)[C@@]12OC(C)(C)O[C@@H]1C[C@H]1[C@@H]3CCC4=CC(=O)CC[C@]4(C)[C@@]3(F)[C@@H](O)C[C@@]12C. The number of ether oxygens (including phenoxy) is 3. The number of aliphatic hydroxyl groups excluding tert-OH is 2. The molecule has 0 bridgehead atoms. The monoisotopic (exact) mass is 494 g/mol. The number of hydrogen-bond acceptors (Lipinski definition) is 7. The number of halogens is 1. The van der Waals surface area contributed by atoms with E-state index in [4.69, 9.17) is 14.2 Å². The molecule has 1 heterocycles. The predicted molar refractivity (Wildman–Crippen MR) is 124 cm³/mol. The first-order valence-corrected chi connectivity index (χ1v) is 13.0. The minimum atomic E-state index is -1.90. The molecular weight excluding hydrogens is 455 g/mol. The molecule has 3 saturated carbocycles. The molecule has 4 fully saturated rings. The van der Waals surface area contributed by atoms with Crippen molar-refractivity contribution in [3.05, 3.63) is 11.6 Å². The Morgan fingerprint density at radius 2 is 1.97 bits per heavy atom. The maximum absolute atomic E-state index is 17.4. The van der Waals surface area contributed by atoms with Crippen molar-refractivity contribution < 1.29 is 38.4 Å². The van der Waals surface area contributed by atoms with Gasteiger partial charge in [0.05, 0.1) is 24.9 Å². The molecule has 0 radical (unpaired) electrons. The summed E-state index contributed by atoms with van der Waals surface area (Å²) in [6, 6.07) is 0. The first-order chi connectivity index (χ1) is 16.2. The largest absolute Gasteiger partial charge is 0.394 e. The second-order valence-corrected chi connectivity index (χ2v) is 12.4. The molecule has 0 spiro atoms. The number of carbonyl (C=O) groups excluding carboxylic acids is 2.